The van der Waals surface area contributed by atoms with Gasteiger partial charge in [-0.2, -0.15) is 0 Å². The smallest absolute Gasteiger partial charge is 0.213 e. The molecule has 0 radical (unpaired) electrons. The van der Waals surface area contributed by atoms with E-state index in [-0.39, 0.29) is 0 Å². The molecule has 0 amide bonds. The van der Waals surface area contributed by atoms with Crippen LogP contribution in [0.25, 0.3) is 0 Å². The molecule has 0 aromatic carbocycles. The minimum atomic E-state index is -1.71. The first-order valence-corrected chi connectivity index (χ1v) is 4.05. The highest BCUT2D eigenvalue weighted by Crippen LogP contribution is 2.58. The molecule has 0 N–H and O–H groups in total. The average molecular weight is 185 g/mol. The summed E-state index contributed by atoms with van der Waals surface area (Å²) in [4.78, 5) is 0. The first-order chi connectivity index (χ1) is 4.55. The molecule has 1 saturated heterocycles. The second-order valence-corrected chi connectivity index (χ2v) is 4.17. The van der Waals surface area contributed by atoms with Crippen LogP contribution in [0.5, 0.6) is 0 Å². The fourth-order valence-electron chi connectivity index (χ4n) is 1.45. The largest absolute Gasteiger partial charge is 0.345 e. The van der Waals surface area contributed by atoms with E-state index in [4.69, 9.17) is 27.9 Å². The Morgan fingerprint density at radius 2 is 2.10 bits per heavy atom. The lowest BCUT2D eigenvalue weighted by atomic mass is 9.98. The van der Waals surface area contributed by atoms with Crippen LogP contribution in [-0.4, -0.2) is 16.3 Å². The predicted octanol–water partition coefficient (Wildman–Crippen LogP) is 2.41. The summed E-state index contributed by atoms with van der Waals surface area (Å²) in [5.74, 6) is 0. The topological polar surface area (TPSA) is 12.5 Å². The highest BCUT2D eigenvalue weighted by molar-refractivity contribution is 6.29. The first-order valence-electron chi connectivity index (χ1n) is 3.29. The summed E-state index contributed by atoms with van der Waals surface area (Å²) >= 11 is 11.3. The van der Waals surface area contributed by atoms with Crippen molar-refractivity contribution in [1.29, 1.82) is 0 Å². The van der Waals surface area contributed by atoms with E-state index in [1.165, 1.54) is 0 Å². The molecule has 1 aliphatic carbocycles. The fourth-order valence-corrected chi connectivity index (χ4v) is 2.26. The lowest BCUT2D eigenvalue weighted by molar-refractivity contribution is 0.193. The van der Waals surface area contributed by atoms with Crippen molar-refractivity contribution in [3.8, 4) is 0 Å². The molecule has 2 aliphatic rings. The standard InChI is InChI=1S/C6H7Cl2FO/c7-5(9)2-1-3-6(8)4(5)10-6/h4H,1-3H2/t4-,5+,6+/m0/s1. The van der Waals surface area contributed by atoms with Gasteiger partial charge in [-0.1, -0.05) is 23.2 Å². The molecule has 0 spiro atoms. The van der Waals surface area contributed by atoms with Crippen LogP contribution in [0.15, 0.2) is 0 Å². The van der Waals surface area contributed by atoms with E-state index in [1.54, 1.807) is 0 Å². The van der Waals surface area contributed by atoms with Crippen molar-refractivity contribution in [2.75, 3.05) is 0 Å². The van der Waals surface area contributed by atoms with E-state index < -0.39 is 16.3 Å². The number of ether oxygens (including phenoxy) is 1. The molecule has 0 bridgehead atoms. The van der Waals surface area contributed by atoms with Crippen LogP contribution in [0.2, 0.25) is 0 Å². The van der Waals surface area contributed by atoms with E-state index in [0.29, 0.717) is 12.8 Å². The Bertz CT molecular complexity index is 173. The van der Waals surface area contributed by atoms with Gasteiger partial charge in [-0.15, -0.1) is 0 Å². The summed E-state index contributed by atoms with van der Waals surface area (Å²) < 4.78 is 18.0. The molecule has 0 unspecified atom stereocenters. The lowest BCUT2D eigenvalue weighted by Gasteiger charge is -2.20. The number of hydrogen-bond acceptors (Lipinski definition) is 1. The molecule has 0 aromatic heterocycles. The third kappa shape index (κ3) is 0.858. The van der Waals surface area contributed by atoms with Gasteiger partial charge in [0.15, 0.2) is 11.2 Å². The summed E-state index contributed by atoms with van der Waals surface area (Å²) in [7, 11) is 0. The van der Waals surface area contributed by atoms with Gasteiger partial charge in [-0.25, -0.2) is 4.39 Å². The Hall–Kier alpha value is 0.470. The highest BCUT2D eigenvalue weighted by Gasteiger charge is 2.67. The zero-order valence-corrected chi connectivity index (χ0v) is 6.75. The van der Waals surface area contributed by atoms with E-state index in [2.05, 4.69) is 0 Å². The van der Waals surface area contributed by atoms with Gasteiger partial charge in [-0.05, 0) is 19.3 Å². The maximum Gasteiger partial charge on any atom is 0.213 e. The van der Waals surface area contributed by atoms with Crippen LogP contribution in [0.3, 0.4) is 0 Å². The van der Waals surface area contributed by atoms with Crippen molar-refractivity contribution in [1.82, 2.24) is 0 Å². The molecule has 4 heteroatoms. The van der Waals surface area contributed by atoms with E-state index >= 15 is 0 Å². The van der Waals surface area contributed by atoms with Gasteiger partial charge >= 0.3 is 0 Å². The second kappa shape index (κ2) is 1.79. The summed E-state index contributed by atoms with van der Waals surface area (Å²) in [5, 5.41) is -2.46. The third-order valence-electron chi connectivity index (χ3n) is 2.06. The van der Waals surface area contributed by atoms with Crippen LogP contribution in [0, 0.1) is 0 Å². The monoisotopic (exact) mass is 184 g/mol. The molecule has 1 heterocycles. The van der Waals surface area contributed by atoms with Crippen molar-refractivity contribution in [3.05, 3.63) is 0 Å². The molecule has 3 atom stereocenters. The van der Waals surface area contributed by atoms with Gasteiger partial charge in [-0.3, -0.25) is 0 Å². The first kappa shape index (κ1) is 7.14. The summed E-state index contributed by atoms with van der Waals surface area (Å²) in [6.07, 6.45) is 1.21. The van der Waals surface area contributed by atoms with Crippen LogP contribution in [-0.2, 0) is 4.74 Å². The number of alkyl halides is 3. The minimum absolute atomic E-state index is 0.355. The fraction of sp³-hybridized carbons (Fsp3) is 1.00. The van der Waals surface area contributed by atoms with Crippen molar-refractivity contribution >= 4 is 23.2 Å². The van der Waals surface area contributed by atoms with Gasteiger partial charge in [0, 0.05) is 0 Å². The predicted molar refractivity (Wildman–Crippen MR) is 37.0 cm³/mol. The molecule has 0 aromatic rings. The van der Waals surface area contributed by atoms with E-state index in [9.17, 15) is 4.39 Å². The van der Waals surface area contributed by atoms with Gasteiger partial charge in [0.25, 0.3) is 0 Å². The molecule has 2 fully saturated rings. The van der Waals surface area contributed by atoms with Crippen molar-refractivity contribution < 1.29 is 9.13 Å². The maximum atomic E-state index is 13.1. The zero-order chi connectivity index (χ0) is 7.41. The molecule has 1 aliphatic heterocycles. The van der Waals surface area contributed by atoms with E-state index in [1.807, 2.05) is 0 Å². The molecule has 10 heavy (non-hydrogen) atoms. The van der Waals surface area contributed by atoms with Crippen LogP contribution in [0.4, 0.5) is 4.39 Å². The van der Waals surface area contributed by atoms with Gasteiger partial charge in [0.05, 0.1) is 0 Å². The van der Waals surface area contributed by atoms with Gasteiger partial charge in [0.1, 0.15) is 0 Å². The quantitative estimate of drug-likeness (QED) is 0.417. The lowest BCUT2D eigenvalue weighted by Crippen LogP contribution is -2.31. The average Bonchev–Trinajstić information content (AvgIpc) is 2.41. The number of hydrogen-bond donors (Lipinski definition) is 0. The summed E-state index contributed by atoms with van der Waals surface area (Å²) in [6, 6.07) is 0. The molecule has 58 valence electrons. The Morgan fingerprint density at radius 3 is 2.60 bits per heavy atom. The summed E-state index contributed by atoms with van der Waals surface area (Å²) in [5.41, 5.74) is 0. The van der Waals surface area contributed by atoms with E-state index in [0.717, 1.165) is 6.42 Å². The molecule has 1 nitrogen and oxygen atoms in total. The number of fused-ring (bicyclic) bond motifs is 1. The molecular weight excluding hydrogens is 178 g/mol. The van der Waals surface area contributed by atoms with Gasteiger partial charge < -0.3 is 4.74 Å². The Morgan fingerprint density at radius 1 is 1.40 bits per heavy atom. The molecular formula is C6H7Cl2FO. The number of rotatable bonds is 0. The maximum absolute atomic E-state index is 13.1. The Balaban J connectivity index is 2.16. The zero-order valence-electron chi connectivity index (χ0n) is 5.24. The van der Waals surface area contributed by atoms with Gasteiger partial charge in [0.2, 0.25) is 5.13 Å². The third-order valence-corrected chi connectivity index (χ3v) is 2.92. The Kier molecular flexibility index (Phi) is 1.28. The second-order valence-electron chi connectivity index (χ2n) is 2.90. The Labute approximate surface area is 68.4 Å². The minimum Gasteiger partial charge on any atom is -0.345 e. The van der Waals surface area contributed by atoms with Crippen molar-refractivity contribution in [3.63, 3.8) is 0 Å². The van der Waals surface area contributed by atoms with Crippen LogP contribution < -0.4 is 0 Å². The van der Waals surface area contributed by atoms with Crippen molar-refractivity contribution in [2.24, 2.45) is 0 Å². The normalized spacial score (nSPS) is 59.7. The van der Waals surface area contributed by atoms with Crippen LogP contribution >= 0.6 is 23.2 Å². The highest BCUT2D eigenvalue weighted by atomic mass is 35.5. The number of epoxide rings is 1. The molecule has 1 saturated carbocycles. The summed E-state index contributed by atoms with van der Waals surface area (Å²) in [6.45, 7) is 0. The SMILES string of the molecule is F[C@]1(Cl)CCC[C@@]2(Cl)O[C@@H]12. The number of halogens is 3. The molecule has 2 rings (SSSR count). The van der Waals surface area contributed by atoms with Crippen LogP contribution in [0.1, 0.15) is 19.3 Å². The van der Waals surface area contributed by atoms with Crippen molar-refractivity contribution in [2.45, 2.75) is 35.6 Å².